The summed E-state index contributed by atoms with van der Waals surface area (Å²) in [6.45, 7) is 0. The highest BCUT2D eigenvalue weighted by molar-refractivity contribution is 4.72. The van der Waals surface area contributed by atoms with E-state index in [0.29, 0.717) is 12.8 Å². The third-order valence-corrected chi connectivity index (χ3v) is 2.17. The molecule has 0 bridgehead atoms. The summed E-state index contributed by atoms with van der Waals surface area (Å²) >= 11 is 0. The van der Waals surface area contributed by atoms with Gasteiger partial charge in [0.2, 0.25) is 5.92 Å². The first-order chi connectivity index (χ1) is 5.10. The molecule has 0 aliphatic heterocycles. The van der Waals surface area contributed by atoms with Gasteiger partial charge < -0.3 is 5.11 Å². The minimum absolute atomic E-state index is 0.000278. The molecule has 1 saturated carbocycles. The van der Waals surface area contributed by atoms with Crippen molar-refractivity contribution in [1.82, 2.24) is 0 Å². The fraction of sp³-hybridized carbons (Fsp3) is 1.00. The molecule has 1 atom stereocenters. The average molecular weight is 164 g/mol. The first kappa shape index (κ1) is 8.91. The van der Waals surface area contributed by atoms with E-state index in [-0.39, 0.29) is 19.3 Å². The lowest BCUT2D eigenvalue weighted by Gasteiger charge is -2.21. The van der Waals surface area contributed by atoms with Gasteiger partial charge in [0.1, 0.15) is 0 Å². The van der Waals surface area contributed by atoms with Crippen LogP contribution in [0.3, 0.4) is 0 Å². The van der Waals surface area contributed by atoms with Crippen molar-refractivity contribution in [2.24, 2.45) is 0 Å². The van der Waals surface area contributed by atoms with Gasteiger partial charge in [-0.15, -0.1) is 0 Å². The molecule has 3 heteroatoms. The first-order valence-electron chi connectivity index (χ1n) is 4.16. The van der Waals surface area contributed by atoms with Crippen molar-refractivity contribution in [2.45, 2.75) is 50.6 Å². The third kappa shape index (κ3) is 3.14. The van der Waals surface area contributed by atoms with E-state index < -0.39 is 12.0 Å². The number of hydrogen-bond donors (Lipinski definition) is 1. The number of hydrogen-bond acceptors (Lipinski definition) is 1. The standard InChI is InChI=1S/C8H14F2O/c9-8(10)5-2-1-3-7(11)4-6-8/h7,11H,1-6H2. The van der Waals surface area contributed by atoms with Gasteiger partial charge in [-0.3, -0.25) is 0 Å². The van der Waals surface area contributed by atoms with E-state index in [1.54, 1.807) is 0 Å². The van der Waals surface area contributed by atoms with Crippen LogP contribution < -0.4 is 0 Å². The zero-order valence-electron chi connectivity index (χ0n) is 6.52. The monoisotopic (exact) mass is 164 g/mol. The Hall–Kier alpha value is -0.180. The molecule has 1 nitrogen and oxygen atoms in total. The zero-order valence-corrected chi connectivity index (χ0v) is 6.52. The van der Waals surface area contributed by atoms with Gasteiger partial charge >= 0.3 is 0 Å². The average Bonchev–Trinajstić information content (AvgIpc) is 1.92. The molecule has 0 spiro atoms. The minimum atomic E-state index is -2.53. The molecule has 0 amide bonds. The van der Waals surface area contributed by atoms with Gasteiger partial charge in [-0.05, 0) is 19.3 Å². The second-order valence-electron chi connectivity index (χ2n) is 3.29. The van der Waals surface area contributed by atoms with Gasteiger partial charge in [0.15, 0.2) is 0 Å². The van der Waals surface area contributed by atoms with Crippen LogP contribution in [0.5, 0.6) is 0 Å². The van der Waals surface area contributed by atoms with Gasteiger partial charge in [-0.1, -0.05) is 6.42 Å². The molecule has 66 valence electrons. The van der Waals surface area contributed by atoms with Gasteiger partial charge in [-0.2, -0.15) is 0 Å². The van der Waals surface area contributed by atoms with Crippen molar-refractivity contribution >= 4 is 0 Å². The molecule has 0 heterocycles. The van der Waals surface area contributed by atoms with E-state index in [0.717, 1.165) is 6.42 Å². The summed E-state index contributed by atoms with van der Waals surface area (Å²) in [5.74, 6) is -2.53. The van der Waals surface area contributed by atoms with Gasteiger partial charge in [0, 0.05) is 12.8 Å². The molecule has 11 heavy (non-hydrogen) atoms. The SMILES string of the molecule is OC1CCCCC(F)(F)CC1. The van der Waals surface area contributed by atoms with Crippen LogP contribution in [0.2, 0.25) is 0 Å². The van der Waals surface area contributed by atoms with E-state index in [1.807, 2.05) is 0 Å². The summed E-state index contributed by atoms with van der Waals surface area (Å²) in [6.07, 6.45) is 1.58. The van der Waals surface area contributed by atoms with Gasteiger partial charge in [-0.25, -0.2) is 8.78 Å². The van der Waals surface area contributed by atoms with Crippen molar-refractivity contribution < 1.29 is 13.9 Å². The largest absolute Gasteiger partial charge is 0.393 e. The minimum Gasteiger partial charge on any atom is -0.393 e. The highest BCUT2D eigenvalue weighted by atomic mass is 19.3. The maximum Gasteiger partial charge on any atom is 0.248 e. The molecule has 0 aromatic heterocycles. The Kier molecular flexibility index (Phi) is 2.82. The summed E-state index contributed by atoms with van der Waals surface area (Å²) in [5, 5.41) is 9.11. The summed E-state index contributed by atoms with van der Waals surface area (Å²) < 4.78 is 25.4. The quantitative estimate of drug-likeness (QED) is 0.582. The fourth-order valence-corrected chi connectivity index (χ4v) is 1.41. The predicted molar refractivity (Wildman–Crippen MR) is 38.7 cm³/mol. The normalized spacial score (nSPS) is 32.5. The molecule has 0 saturated heterocycles. The number of halogens is 2. The molecule has 1 fully saturated rings. The van der Waals surface area contributed by atoms with Crippen LogP contribution in [0, 0.1) is 0 Å². The maximum absolute atomic E-state index is 12.7. The van der Waals surface area contributed by atoms with E-state index in [9.17, 15) is 8.78 Å². The van der Waals surface area contributed by atoms with E-state index in [1.165, 1.54) is 0 Å². The summed E-state index contributed by atoms with van der Waals surface area (Å²) in [4.78, 5) is 0. The lowest BCUT2D eigenvalue weighted by Crippen LogP contribution is -2.22. The zero-order chi connectivity index (χ0) is 8.32. The number of rotatable bonds is 0. The van der Waals surface area contributed by atoms with Crippen molar-refractivity contribution in [3.05, 3.63) is 0 Å². The summed E-state index contributed by atoms with van der Waals surface area (Å²) in [6, 6.07) is 0. The first-order valence-corrected chi connectivity index (χ1v) is 4.16. The Morgan fingerprint density at radius 1 is 1.09 bits per heavy atom. The van der Waals surface area contributed by atoms with E-state index >= 15 is 0 Å². The molecule has 1 rings (SSSR count). The van der Waals surface area contributed by atoms with Gasteiger partial charge in [0.05, 0.1) is 6.10 Å². The Morgan fingerprint density at radius 2 is 1.82 bits per heavy atom. The number of aliphatic hydroxyl groups is 1. The van der Waals surface area contributed by atoms with Crippen molar-refractivity contribution in [3.63, 3.8) is 0 Å². The van der Waals surface area contributed by atoms with Gasteiger partial charge in [0.25, 0.3) is 0 Å². The Morgan fingerprint density at radius 3 is 2.55 bits per heavy atom. The summed E-state index contributed by atoms with van der Waals surface area (Å²) in [5.41, 5.74) is 0. The molecular weight excluding hydrogens is 150 g/mol. The second-order valence-corrected chi connectivity index (χ2v) is 3.29. The van der Waals surface area contributed by atoms with Crippen LogP contribution >= 0.6 is 0 Å². The topological polar surface area (TPSA) is 20.2 Å². The summed E-state index contributed by atoms with van der Waals surface area (Å²) in [7, 11) is 0. The van der Waals surface area contributed by atoms with Crippen LogP contribution in [0.1, 0.15) is 38.5 Å². The number of alkyl halides is 2. The van der Waals surface area contributed by atoms with Crippen molar-refractivity contribution in [2.75, 3.05) is 0 Å². The molecule has 1 unspecified atom stereocenters. The highest BCUT2D eigenvalue weighted by Crippen LogP contribution is 2.30. The van der Waals surface area contributed by atoms with Crippen LogP contribution in [0.25, 0.3) is 0 Å². The molecule has 0 aromatic rings. The van der Waals surface area contributed by atoms with Crippen molar-refractivity contribution in [3.8, 4) is 0 Å². The Labute approximate surface area is 65.4 Å². The van der Waals surface area contributed by atoms with Crippen LogP contribution in [0.15, 0.2) is 0 Å². The second kappa shape index (κ2) is 3.48. The fourth-order valence-electron chi connectivity index (χ4n) is 1.41. The molecule has 1 aliphatic carbocycles. The molecule has 0 aromatic carbocycles. The Balaban J connectivity index is 2.38. The Bertz CT molecular complexity index is 125. The van der Waals surface area contributed by atoms with Crippen LogP contribution in [-0.4, -0.2) is 17.1 Å². The smallest absolute Gasteiger partial charge is 0.248 e. The number of aliphatic hydroxyl groups excluding tert-OH is 1. The van der Waals surface area contributed by atoms with Crippen LogP contribution in [-0.2, 0) is 0 Å². The predicted octanol–water partition coefficient (Wildman–Crippen LogP) is 2.34. The third-order valence-electron chi connectivity index (χ3n) is 2.17. The van der Waals surface area contributed by atoms with Crippen molar-refractivity contribution in [1.29, 1.82) is 0 Å². The highest BCUT2D eigenvalue weighted by Gasteiger charge is 2.30. The maximum atomic E-state index is 12.7. The molecule has 1 N–H and O–H groups in total. The molecular formula is C8H14F2O. The lowest BCUT2D eigenvalue weighted by molar-refractivity contribution is -0.0382. The molecule has 1 aliphatic rings. The lowest BCUT2D eigenvalue weighted by atomic mass is 9.96. The van der Waals surface area contributed by atoms with Crippen LogP contribution in [0.4, 0.5) is 8.78 Å². The molecule has 0 radical (unpaired) electrons. The van der Waals surface area contributed by atoms with E-state index in [4.69, 9.17) is 5.11 Å². The van der Waals surface area contributed by atoms with E-state index in [2.05, 4.69) is 0 Å².